The van der Waals surface area contributed by atoms with E-state index in [1.165, 1.54) is 11.1 Å². The van der Waals surface area contributed by atoms with Gasteiger partial charge in [0.15, 0.2) is 0 Å². The number of aryl methyl sites for hydroxylation is 1. The molecule has 0 saturated heterocycles. The Kier molecular flexibility index (Phi) is 1.99. The van der Waals surface area contributed by atoms with Crippen LogP contribution in [0, 0.1) is 0 Å². The van der Waals surface area contributed by atoms with E-state index in [0.717, 1.165) is 19.3 Å². The molecule has 3 heteroatoms. The SMILES string of the molecule is ClC1=NC2(CCc3ccccc3C2)CO1. The highest BCUT2D eigenvalue weighted by Crippen LogP contribution is 2.35. The molecular formula is C12H12ClNO. The van der Waals surface area contributed by atoms with Gasteiger partial charge < -0.3 is 4.74 Å². The Balaban J connectivity index is 1.95. The van der Waals surface area contributed by atoms with Gasteiger partial charge in [0.2, 0.25) is 0 Å². The van der Waals surface area contributed by atoms with Crippen molar-refractivity contribution in [1.82, 2.24) is 0 Å². The minimum absolute atomic E-state index is 0.0779. The van der Waals surface area contributed by atoms with Crippen LogP contribution in [0.2, 0.25) is 0 Å². The second kappa shape index (κ2) is 3.24. The third-order valence-corrected chi connectivity index (χ3v) is 3.48. The molecule has 1 aromatic rings. The van der Waals surface area contributed by atoms with Crippen molar-refractivity contribution < 1.29 is 4.74 Å². The van der Waals surface area contributed by atoms with Crippen molar-refractivity contribution in [3.8, 4) is 0 Å². The standard InChI is InChI=1S/C12H12ClNO/c13-11-14-12(8-15-11)6-5-9-3-1-2-4-10(9)7-12/h1-4H,5-8H2. The van der Waals surface area contributed by atoms with Crippen molar-refractivity contribution in [1.29, 1.82) is 0 Å². The lowest BCUT2D eigenvalue weighted by molar-refractivity contribution is 0.239. The molecule has 0 aromatic heterocycles. The summed E-state index contributed by atoms with van der Waals surface area (Å²) in [7, 11) is 0. The fourth-order valence-electron chi connectivity index (χ4n) is 2.45. The van der Waals surface area contributed by atoms with Gasteiger partial charge in [-0.25, -0.2) is 4.99 Å². The molecule has 0 bridgehead atoms. The molecule has 0 N–H and O–H groups in total. The molecule has 78 valence electrons. The van der Waals surface area contributed by atoms with E-state index in [1.54, 1.807) is 0 Å². The Morgan fingerprint density at radius 2 is 2.07 bits per heavy atom. The average Bonchev–Trinajstić information content (AvgIpc) is 2.60. The number of hydrogen-bond donors (Lipinski definition) is 0. The first-order valence-electron chi connectivity index (χ1n) is 5.22. The number of hydrogen-bond acceptors (Lipinski definition) is 2. The number of aliphatic imine (C=N–C) groups is 1. The summed E-state index contributed by atoms with van der Waals surface area (Å²) in [6, 6.07) is 8.55. The molecule has 2 aliphatic rings. The Morgan fingerprint density at radius 1 is 1.27 bits per heavy atom. The first-order chi connectivity index (χ1) is 7.27. The summed E-state index contributed by atoms with van der Waals surface area (Å²) in [5.41, 5.74) is 2.76. The molecule has 1 spiro atoms. The zero-order valence-corrected chi connectivity index (χ0v) is 9.13. The molecule has 3 rings (SSSR count). The summed E-state index contributed by atoms with van der Waals surface area (Å²) in [4.78, 5) is 4.44. The number of rotatable bonds is 0. The van der Waals surface area contributed by atoms with Crippen molar-refractivity contribution in [3.63, 3.8) is 0 Å². The van der Waals surface area contributed by atoms with Crippen LogP contribution < -0.4 is 0 Å². The highest BCUT2D eigenvalue weighted by atomic mass is 35.5. The summed E-state index contributed by atoms with van der Waals surface area (Å²) in [6.07, 6.45) is 3.08. The van der Waals surface area contributed by atoms with Crippen LogP contribution in [0.4, 0.5) is 0 Å². The van der Waals surface area contributed by atoms with Gasteiger partial charge in [0.05, 0.1) is 0 Å². The molecule has 1 heterocycles. The van der Waals surface area contributed by atoms with Crippen molar-refractivity contribution in [2.75, 3.05) is 6.61 Å². The van der Waals surface area contributed by atoms with Crippen LogP contribution >= 0.6 is 11.6 Å². The lowest BCUT2D eigenvalue weighted by atomic mass is 9.79. The topological polar surface area (TPSA) is 21.6 Å². The normalized spacial score (nSPS) is 28.5. The van der Waals surface area contributed by atoms with E-state index in [-0.39, 0.29) is 5.54 Å². The van der Waals surface area contributed by atoms with Gasteiger partial charge in [-0.15, -0.1) is 0 Å². The lowest BCUT2D eigenvalue weighted by Gasteiger charge is -2.30. The third-order valence-electron chi connectivity index (χ3n) is 3.28. The van der Waals surface area contributed by atoms with E-state index in [0.29, 0.717) is 12.0 Å². The summed E-state index contributed by atoms with van der Waals surface area (Å²) >= 11 is 5.79. The Morgan fingerprint density at radius 3 is 2.80 bits per heavy atom. The molecule has 0 saturated carbocycles. The molecule has 0 radical (unpaired) electrons. The highest BCUT2D eigenvalue weighted by Gasteiger charge is 2.39. The maximum absolute atomic E-state index is 5.79. The maximum Gasteiger partial charge on any atom is 0.282 e. The van der Waals surface area contributed by atoms with E-state index in [4.69, 9.17) is 16.3 Å². The van der Waals surface area contributed by atoms with Crippen LogP contribution in [0.25, 0.3) is 0 Å². The lowest BCUT2D eigenvalue weighted by Crippen LogP contribution is -2.35. The van der Waals surface area contributed by atoms with Gasteiger partial charge in [-0.3, -0.25) is 0 Å². The molecular weight excluding hydrogens is 210 g/mol. The smallest absolute Gasteiger partial charge is 0.282 e. The quantitative estimate of drug-likeness (QED) is 0.660. The van der Waals surface area contributed by atoms with Crippen LogP contribution in [0.3, 0.4) is 0 Å². The first kappa shape index (κ1) is 9.22. The summed E-state index contributed by atoms with van der Waals surface area (Å²) < 4.78 is 5.28. The van der Waals surface area contributed by atoms with Gasteiger partial charge in [0.25, 0.3) is 5.36 Å². The van der Waals surface area contributed by atoms with Gasteiger partial charge in [-0.1, -0.05) is 24.3 Å². The summed E-state index contributed by atoms with van der Waals surface area (Å²) in [5.74, 6) is 0. The van der Waals surface area contributed by atoms with Crippen molar-refractivity contribution in [3.05, 3.63) is 35.4 Å². The predicted molar refractivity (Wildman–Crippen MR) is 60.4 cm³/mol. The minimum Gasteiger partial charge on any atom is -0.467 e. The monoisotopic (exact) mass is 221 g/mol. The zero-order chi connectivity index (χ0) is 10.3. The van der Waals surface area contributed by atoms with Gasteiger partial charge in [-0.05, 0) is 35.6 Å². The van der Waals surface area contributed by atoms with E-state index in [1.807, 2.05) is 0 Å². The van der Waals surface area contributed by atoms with E-state index >= 15 is 0 Å². The largest absolute Gasteiger partial charge is 0.467 e. The van der Waals surface area contributed by atoms with Crippen molar-refractivity contribution in [2.24, 2.45) is 4.99 Å². The third kappa shape index (κ3) is 1.53. The Bertz CT molecular complexity index is 429. The minimum atomic E-state index is -0.0779. The fourth-order valence-corrected chi connectivity index (χ4v) is 2.68. The van der Waals surface area contributed by atoms with Crippen molar-refractivity contribution in [2.45, 2.75) is 24.8 Å². The maximum atomic E-state index is 5.79. The second-order valence-corrected chi connectivity index (χ2v) is 4.65. The second-order valence-electron chi connectivity index (χ2n) is 4.32. The average molecular weight is 222 g/mol. The number of ether oxygens (including phenoxy) is 1. The van der Waals surface area contributed by atoms with Crippen LogP contribution in [0.5, 0.6) is 0 Å². The molecule has 1 aliphatic heterocycles. The summed E-state index contributed by atoms with van der Waals surface area (Å²) in [5, 5.41) is 0.328. The van der Waals surface area contributed by atoms with E-state index in [2.05, 4.69) is 29.3 Å². The van der Waals surface area contributed by atoms with Gasteiger partial charge in [0, 0.05) is 6.42 Å². The number of nitrogens with zero attached hydrogens (tertiary/aromatic N) is 1. The van der Waals surface area contributed by atoms with Crippen LogP contribution in [0.1, 0.15) is 17.5 Å². The van der Waals surface area contributed by atoms with Gasteiger partial charge in [0.1, 0.15) is 12.1 Å². The summed E-state index contributed by atoms with van der Waals surface area (Å²) in [6.45, 7) is 0.639. The molecule has 0 amide bonds. The molecule has 15 heavy (non-hydrogen) atoms. The van der Waals surface area contributed by atoms with Crippen LogP contribution in [0.15, 0.2) is 29.3 Å². The fraction of sp³-hybridized carbons (Fsp3) is 0.417. The zero-order valence-electron chi connectivity index (χ0n) is 8.37. The molecule has 0 fully saturated rings. The molecule has 1 atom stereocenters. The first-order valence-corrected chi connectivity index (χ1v) is 5.60. The Hall–Kier alpha value is -1.02. The molecule has 1 aliphatic carbocycles. The van der Waals surface area contributed by atoms with Crippen molar-refractivity contribution >= 4 is 17.0 Å². The van der Waals surface area contributed by atoms with E-state index < -0.39 is 0 Å². The number of benzene rings is 1. The van der Waals surface area contributed by atoms with Crippen LogP contribution in [-0.4, -0.2) is 17.5 Å². The van der Waals surface area contributed by atoms with Gasteiger partial charge >= 0.3 is 0 Å². The number of fused-ring (bicyclic) bond motifs is 1. The number of halogens is 1. The highest BCUT2D eigenvalue weighted by molar-refractivity contribution is 6.63. The molecule has 2 nitrogen and oxygen atoms in total. The van der Waals surface area contributed by atoms with Gasteiger partial charge in [-0.2, -0.15) is 0 Å². The molecule has 1 aromatic carbocycles. The predicted octanol–water partition coefficient (Wildman–Crippen LogP) is 2.54. The Labute approximate surface area is 93.9 Å². The molecule has 1 unspecified atom stereocenters. The van der Waals surface area contributed by atoms with Crippen LogP contribution in [-0.2, 0) is 17.6 Å². The van der Waals surface area contributed by atoms with E-state index in [9.17, 15) is 0 Å².